The van der Waals surface area contributed by atoms with Crippen molar-refractivity contribution in [2.24, 2.45) is 7.05 Å². The van der Waals surface area contributed by atoms with E-state index in [0.717, 1.165) is 6.07 Å². The minimum atomic E-state index is -0.857. The first-order chi connectivity index (χ1) is 14.4. The average molecular weight is 410 g/mol. The van der Waals surface area contributed by atoms with Crippen molar-refractivity contribution in [1.29, 1.82) is 5.26 Å². The molecule has 1 aliphatic rings. The molecule has 4 rings (SSSR count). The highest BCUT2D eigenvalue weighted by Crippen LogP contribution is 2.25. The molecule has 0 amide bonds. The maximum Gasteiger partial charge on any atom is 0.349 e. The Morgan fingerprint density at radius 2 is 1.97 bits per heavy atom. The lowest BCUT2D eigenvalue weighted by molar-refractivity contribution is 0.180. The zero-order chi connectivity index (χ0) is 21.4. The molecule has 7 nitrogen and oxygen atoms in total. The van der Waals surface area contributed by atoms with Gasteiger partial charge in [-0.05, 0) is 36.8 Å². The standard InChI is InChI=1S/C21H20F2N6O/c1-13-11-29(8-7-28(13)12-14-3-5-16(22)17(23)9-14)20-19-18(27(2)21(30)26-20)6-4-15(10-24)25-19/h3-6,9,13H,7-8,11-12H2,1-2H3. The topological polar surface area (TPSA) is 78.0 Å². The van der Waals surface area contributed by atoms with E-state index in [-0.39, 0.29) is 17.4 Å². The molecule has 1 saturated heterocycles. The van der Waals surface area contributed by atoms with Crippen molar-refractivity contribution < 1.29 is 8.78 Å². The summed E-state index contributed by atoms with van der Waals surface area (Å²) in [6.45, 7) is 4.34. The molecule has 3 aromatic rings. The summed E-state index contributed by atoms with van der Waals surface area (Å²) in [7, 11) is 1.62. The quantitative estimate of drug-likeness (QED) is 0.659. The molecule has 1 aromatic carbocycles. The molecule has 154 valence electrons. The maximum atomic E-state index is 13.5. The third-order valence-electron chi connectivity index (χ3n) is 5.48. The SMILES string of the molecule is CC1CN(c2nc(=O)n(C)c3ccc(C#N)nc23)CCN1Cc1ccc(F)c(F)c1. The number of fused-ring (bicyclic) bond motifs is 1. The number of hydrogen-bond acceptors (Lipinski definition) is 6. The fourth-order valence-electron chi connectivity index (χ4n) is 3.79. The predicted octanol–water partition coefficient (Wildman–Crippen LogP) is 2.19. The van der Waals surface area contributed by atoms with Crippen molar-refractivity contribution in [2.45, 2.75) is 19.5 Å². The van der Waals surface area contributed by atoms with Gasteiger partial charge in [-0.15, -0.1) is 0 Å². The van der Waals surface area contributed by atoms with Crippen molar-refractivity contribution in [1.82, 2.24) is 19.4 Å². The van der Waals surface area contributed by atoms with E-state index in [9.17, 15) is 18.8 Å². The van der Waals surface area contributed by atoms with Gasteiger partial charge in [-0.1, -0.05) is 6.07 Å². The molecule has 30 heavy (non-hydrogen) atoms. The van der Waals surface area contributed by atoms with Crippen molar-refractivity contribution in [3.05, 3.63) is 63.7 Å². The first kappa shape index (κ1) is 19.9. The number of anilines is 1. The van der Waals surface area contributed by atoms with E-state index in [1.54, 1.807) is 25.2 Å². The minimum Gasteiger partial charge on any atom is -0.352 e. The lowest BCUT2D eigenvalue weighted by Gasteiger charge is -2.40. The van der Waals surface area contributed by atoms with Crippen LogP contribution >= 0.6 is 0 Å². The average Bonchev–Trinajstić information content (AvgIpc) is 2.74. The highest BCUT2D eigenvalue weighted by atomic mass is 19.2. The molecular weight excluding hydrogens is 390 g/mol. The van der Waals surface area contributed by atoms with Gasteiger partial charge in [0.25, 0.3) is 0 Å². The number of benzene rings is 1. The molecule has 2 aromatic heterocycles. The van der Waals surface area contributed by atoms with Gasteiger partial charge in [0.15, 0.2) is 17.5 Å². The molecule has 1 aliphatic heterocycles. The Morgan fingerprint density at radius 3 is 2.67 bits per heavy atom. The molecular formula is C21H20F2N6O. The van der Waals surface area contributed by atoms with Gasteiger partial charge in [0.05, 0.1) is 5.52 Å². The Morgan fingerprint density at radius 1 is 1.17 bits per heavy atom. The predicted molar refractivity (Wildman–Crippen MR) is 108 cm³/mol. The number of aromatic nitrogens is 3. The molecule has 0 saturated carbocycles. The fraction of sp³-hybridized carbons (Fsp3) is 0.333. The largest absolute Gasteiger partial charge is 0.352 e. The molecule has 1 fully saturated rings. The van der Waals surface area contributed by atoms with Crippen LogP contribution in [0.15, 0.2) is 35.1 Å². The van der Waals surface area contributed by atoms with Crippen molar-refractivity contribution in [3.63, 3.8) is 0 Å². The summed E-state index contributed by atoms with van der Waals surface area (Å²) in [5.41, 5.74) is 1.69. The van der Waals surface area contributed by atoms with Crippen LogP contribution in [0.4, 0.5) is 14.6 Å². The smallest absolute Gasteiger partial charge is 0.349 e. The van der Waals surface area contributed by atoms with Crippen LogP contribution < -0.4 is 10.6 Å². The number of hydrogen-bond donors (Lipinski definition) is 0. The summed E-state index contributed by atoms with van der Waals surface area (Å²) < 4.78 is 28.1. The second-order valence-electron chi connectivity index (χ2n) is 7.47. The lowest BCUT2D eigenvalue weighted by atomic mass is 10.1. The van der Waals surface area contributed by atoms with Crippen LogP contribution in [0.2, 0.25) is 0 Å². The Bertz CT molecular complexity index is 1220. The van der Waals surface area contributed by atoms with Gasteiger partial charge in [-0.25, -0.2) is 18.6 Å². The summed E-state index contributed by atoms with van der Waals surface area (Å²) in [5, 5.41) is 9.20. The summed E-state index contributed by atoms with van der Waals surface area (Å²) >= 11 is 0. The van der Waals surface area contributed by atoms with Gasteiger partial charge in [-0.2, -0.15) is 10.2 Å². The molecule has 0 radical (unpaired) electrons. The van der Waals surface area contributed by atoms with Gasteiger partial charge in [0.1, 0.15) is 17.3 Å². The van der Waals surface area contributed by atoms with E-state index >= 15 is 0 Å². The molecule has 0 spiro atoms. The third kappa shape index (κ3) is 3.62. The molecule has 9 heteroatoms. The van der Waals surface area contributed by atoms with E-state index in [1.807, 2.05) is 17.9 Å². The summed E-state index contributed by atoms with van der Waals surface area (Å²) in [6, 6.07) is 9.33. The highest BCUT2D eigenvalue weighted by molar-refractivity contribution is 5.86. The van der Waals surface area contributed by atoms with E-state index in [1.165, 1.54) is 10.6 Å². The Labute approximate surface area is 171 Å². The molecule has 1 atom stereocenters. The molecule has 3 heterocycles. The van der Waals surface area contributed by atoms with Crippen LogP contribution in [0.3, 0.4) is 0 Å². The molecule has 0 N–H and O–H groups in total. The Kier molecular flexibility index (Phi) is 5.18. The Balaban J connectivity index is 1.60. The van der Waals surface area contributed by atoms with Gasteiger partial charge in [0.2, 0.25) is 0 Å². The van der Waals surface area contributed by atoms with E-state index in [2.05, 4.69) is 14.9 Å². The monoisotopic (exact) mass is 410 g/mol. The van der Waals surface area contributed by atoms with Crippen molar-refractivity contribution >= 4 is 16.9 Å². The van der Waals surface area contributed by atoms with Crippen LogP contribution in [0.1, 0.15) is 18.2 Å². The van der Waals surface area contributed by atoms with Crippen molar-refractivity contribution in [3.8, 4) is 6.07 Å². The van der Waals surface area contributed by atoms with Gasteiger partial charge < -0.3 is 4.90 Å². The summed E-state index contributed by atoms with van der Waals surface area (Å²) in [4.78, 5) is 25.1. The third-order valence-corrected chi connectivity index (χ3v) is 5.48. The van der Waals surface area contributed by atoms with Gasteiger partial charge in [0, 0.05) is 39.3 Å². The van der Waals surface area contributed by atoms with E-state index in [4.69, 9.17) is 0 Å². The molecule has 0 aliphatic carbocycles. The minimum absolute atomic E-state index is 0.0759. The first-order valence-electron chi connectivity index (χ1n) is 9.58. The van der Waals surface area contributed by atoms with Crippen molar-refractivity contribution in [2.75, 3.05) is 24.5 Å². The zero-order valence-corrected chi connectivity index (χ0v) is 16.6. The summed E-state index contributed by atoms with van der Waals surface area (Å²) in [5.74, 6) is -1.25. The maximum absolute atomic E-state index is 13.5. The number of halogens is 2. The fourth-order valence-corrected chi connectivity index (χ4v) is 3.79. The Hall–Kier alpha value is -3.38. The first-order valence-corrected chi connectivity index (χ1v) is 9.58. The zero-order valence-electron chi connectivity index (χ0n) is 16.6. The van der Waals surface area contributed by atoms with Crippen LogP contribution in [0, 0.1) is 23.0 Å². The second kappa shape index (κ2) is 7.80. The number of rotatable bonds is 3. The van der Waals surface area contributed by atoms with Crippen LogP contribution in [-0.2, 0) is 13.6 Å². The second-order valence-corrected chi connectivity index (χ2v) is 7.47. The molecule has 0 bridgehead atoms. The number of aryl methyl sites for hydroxylation is 1. The van der Waals surface area contributed by atoms with Crippen LogP contribution in [0.25, 0.3) is 11.0 Å². The van der Waals surface area contributed by atoms with Crippen LogP contribution in [-0.4, -0.2) is 45.1 Å². The highest BCUT2D eigenvalue weighted by Gasteiger charge is 2.27. The summed E-state index contributed by atoms with van der Waals surface area (Å²) in [6.07, 6.45) is 0. The number of nitriles is 1. The van der Waals surface area contributed by atoms with E-state index < -0.39 is 11.6 Å². The molecule has 1 unspecified atom stereocenters. The van der Waals surface area contributed by atoms with E-state index in [0.29, 0.717) is 48.6 Å². The normalized spacial score (nSPS) is 17.3. The van der Waals surface area contributed by atoms with Gasteiger partial charge >= 0.3 is 5.69 Å². The van der Waals surface area contributed by atoms with Crippen LogP contribution in [0.5, 0.6) is 0 Å². The number of nitrogens with zero attached hydrogens (tertiary/aromatic N) is 6. The van der Waals surface area contributed by atoms with Gasteiger partial charge in [-0.3, -0.25) is 9.47 Å². The number of pyridine rings is 1. The number of piperazine rings is 1. The lowest BCUT2D eigenvalue weighted by Crippen LogP contribution is -2.52.